The number of rotatable bonds is 7. The number of carbonyl (C=O) groups excluding carboxylic acids is 2. The minimum Gasteiger partial charge on any atom is -0.379 e. The van der Waals surface area contributed by atoms with E-state index in [-0.39, 0.29) is 23.4 Å². The van der Waals surface area contributed by atoms with Gasteiger partial charge in [0.2, 0.25) is 5.56 Å². The summed E-state index contributed by atoms with van der Waals surface area (Å²) in [5, 5.41) is 4.24. The summed E-state index contributed by atoms with van der Waals surface area (Å²) >= 11 is 0. The van der Waals surface area contributed by atoms with Crippen LogP contribution in [0.4, 0.5) is 15.8 Å². The Bertz CT molecular complexity index is 2070. The van der Waals surface area contributed by atoms with Gasteiger partial charge in [0, 0.05) is 87.3 Å². The summed E-state index contributed by atoms with van der Waals surface area (Å²) in [5.41, 5.74) is 5.23. The van der Waals surface area contributed by atoms with Gasteiger partial charge in [0.05, 0.1) is 36.3 Å². The molecule has 5 heterocycles. The number of hydrogen-bond donors (Lipinski definition) is 1. The van der Waals surface area contributed by atoms with E-state index in [0.29, 0.717) is 72.2 Å². The van der Waals surface area contributed by atoms with Crippen LogP contribution in [-0.4, -0.2) is 79.8 Å². The van der Waals surface area contributed by atoms with Crippen LogP contribution in [0.1, 0.15) is 37.5 Å². The van der Waals surface area contributed by atoms with Crippen LogP contribution < -0.4 is 10.5 Å². The molecule has 1 N–H and O–H groups in total. The molecule has 7 rings (SSSR count). The maximum atomic E-state index is 15.1. The molecule has 0 saturated carbocycles. The fourth-order valence-corrected chi connectivity index (χ4v) is 6.88. The number of nitrogens with one attached hydrogen (secondary N) is 1. The lowest BCUT2D eigenvalue weighted by Gasteiger charge is -2.40. The first-order valence-electron chi connectivity index (χ1n) is 16.3. The highest BCUT2D eigenvalue weighted by Gasteiger charge is 2.34. The topological polar surface area (TPSA) is 109 Å². The summed E-state index contributed by atoms with van der Waals surface area (Å²) in [6, 6.07) is 17.0. The van der Waals surface area contributed by atoms with E-state index >= 15 is 4.39 Å². The van der Waals surface area contributed by atoms with Crippen molar-refractivity contribution in [1.82, 2.24) is 29.1 Å². The number of benzene rings is 2. The monoisotopic (exact) mass is 663 g/mol. The second-order valence-electron chi connectivity index (χ2n) is 12.7. The average Bonchev–Trinajstić information content (AvgIpc) is 3.67. The molecule has 0 radical (unpaired) electrons. The molecule has 12 heteroatoms. The number of H-pyrrole nitrogens is 1. The third kappa shape index (κ3) is 6.32. The maximum absolute atomic E-state index is 15.1. The minimum absolute atomic E-state index is 0.0870. The van der Waals surface area contributed by atoms with Gasteiger partial charge in [-0.05, 0) is 54.8 Å². The van der Waals surface area contributed by atoms with Crippen molar-refractivity contribution in [3.63, 3.8) is 0 Å². The summed E-state index contributed by atoms with van der Waals surface area (Å²) in [5.74, 6) is -1.06. The van der Waals surface area contributed by atoms with Crippen LogP contribution in [0.25, 0.3) is 11.3 Å². The van der Waals surface area contributed by atoms with Crippen LogP contribution in [-0.2, 0) is 31.8 Å². The van der Waals surface area contributed by atoms with E-state index < -0.39 is 5.82 Å². The number of aromatic amines is 1. The molecule has 1 fully saturated rings. The Balaban J connectivity index is 1.27. The van der Waals surface area contributed by atoms with E-state index in [1.165, 1.54) is 34.9 Å². The number of aryl methyl sites for hydroxylation is 1. The number of amides is 2. The van der Waals surface area contributed by atoms with E-state index in [1.54, 1.807) is 49.4 Å². The summed E-state index contributed by atoms with van der Waals surface area (Å²) in [6.45, 7) is 5.88. The third-order valence-corrected chi connectivity index (χ3v) is 9.62. The summed E-state index contributed by atoms with van der Waals surface area (Å²) in [7, 11) is 3.55. The molecular formula is C37H38FN7O4. The van der Waals surface area contributed by atoms with E-state index in [1.807, 2.05) is 28.5 Å². The molecule has 49 heavy (non-hydrogen) atoms. The standard InChI is InChI=1S/C37H38FN7O4/c1-24-32(37(48)45(30-20-40-41(2)22-30)28-9-11-35(46)39-19-28)18-34(42(24)3)33-17-27(38)8-10-31(33)36(47)44-21-26-7-5-4-6-25(26)16-29(44)23-43-12-14-49-15-13-43/h4-11,17-20,22,29H,12-16,21,23H2,1-3H3,(H,39,46)/t29-/m0/s1. The molecule has 2 aliphatic heterocycles. The van der Waals surface area contributed by atoms with Gasteiger partial charge in [-0.25, -0.2) is 4.39 Å². The smallest absolute Gasteiger partial charge is 0.264 e. The molecule has 0 unspecified atom stereocenters. The molecule has 0 spiro atoms. The van der Waals surface area contributed by atoms with Gasteiger partial charge in [0.1, 0.15) is 5.82 Å². The van der Waals surface area contributed by atoms with Crippen LogP contribution in [0.3, 0.4) is 0 Å². The first kappa shape index (κ1) is 32.2. The number of pyridine rings is 1. The molecule has 2 aliphatic rings. The number of morpholine rings is 1. The van der Waals surface area contributed by atoms with E-state index in [0.717, 1.165) is 18.7 Å². The normalized spacial score (nSPS) is 16.4. The van der Waals surface area contributed by atoms with Gasteiger partial charge in [-0.3, -0.25) is 28.9 Å². The number of nitrogens with zero attached hydrogens (tertiary/aromatic N) is 6. The molecule has 5 aromatic rings. The number of hydrogen-bond acceptors (Lipinski definition) is 6. The number of aromatic nitrogens is 4. The molecular weight excluding hydrogens is 625 g/mol. The van der Waals surface area contributed by atoms with E-state index in [2.05, 4.69) is 27.1 Å². The zero-order valence-corrected chi connectivity index (χ0v) is 27.7. The predicted octanol–water partition coefficient (Wildman–Crippen LogP) is 4.44. The highest BCUT2D eigenvalue weighted by atomic mass is 19.1. The van der Waals surface area contributed by atoms with Crippen molar-refractivity contribution in [1.29, 1.82) is 0 Å². The third-order valence-electron chi connectivity index (χ3n) is 9.62. The molecule has 2 aromatic carbocycles. The van der Waals surface area contributed by atoms with Crippen LogP contribution in [0.5, 0.6) is 0 Å². The molecule has 252 valence electrons. The van der Waals surface area contributed by atoms with Crippen LogP contribution in [0.15, 0.2) is 84.0 Å². The summed E-state index contributed by atoms with van der Waals surface area (Å²) < 4.78 is 24.0. The predicted molar refractivity (Wildman–Crippen MR) is 183 cm³/mol. The van der Waals surface area contributed by atoms with Gasteiger partial charge >= 0.3 is 0 Å². The SMILES string of the molecule is Cc1c(C(=O)N(c2ccc(=O)[nH]c2)c2cnn(C)c2)cc(-c2cc(F)ccc2C(=O)N2Cc3ccccc3C[C@H]2CN2CCOCC2)n1C. The quantitative estimate of drug-likeness (QED) is 0.276. The first-order chi connectivity index (χ1) is 23.7. The molecule has 2 amide bonds. The fraction of sp³-hybridized carbons (Fsp3) is 0.297. The molecule has 1 saturated heterocycles. The van der Waals surface area contributed by atoms with Gasteiger partial charge in [-0.2, -0.15) is 5.10 Å². The molecule has 1 atom stereocenters. The van der Waals surface area contributed by atoms with Gasteiger partial charge in [0.25, 0.3) is 11.8 Å². The molecule has 0 bridgehead atoms. The van der Waals surface area contributed by atoms with Gasteiger partial charge in [0.15, 0.2) is 0 Å². The van der Waals surface area contributed by atoms with Crippen molar-refractivity contribution in [3.8, 4) is 11.3 Å². The zero-order valence-electron chi connectivity index (χ0n) is 27.7. The Morgan fingerprint density at radius 2 is 1.78 bits per heavy atom. The maximum Gasteiger partial charge on any atom is 0.264 e. The molecule has 3 aromatic heterocycles. The Labute approximate surface area is 283 Å². The summed E-state index contributed by atoms with van der Waals surface area (Å²) in [6.07, 6.45) is 5.46. The van der Waals surface area contributed by atoms with Crippen molar-refractivity contribution in [2.75, 3.05) is 37.7 Å². The van der Waals surface area contributed by atoms with Crippen molar-refractivity contribution >= 4 is 23.2 Å². The lowest BCUT2D eigenvalue weighted by atomic mass is 9.92. The Morgan fingerprint density at radius 3 is 2.49 bits per heavy atom. The number of halogens is 1. The second-order valence-corrected chi connectivity index (χ2v) is 12.7. The van der Waals surface area contributed by atoms with E-state index in [9.17, 15) is 14.4 Å². The van der Waals surface area contributed by atoms with Crippen LogP contribution in [0.2, 0.25) is 0 Å². The van der Waals surface area contributed by atoms with Gasteiger partial charge < -0.3 is 19.2 Å². The Hall–Kier alpha value is -5.33. The largest absolute Gasteiger partial charge is 0.379 e. The minimum atomic E-state index is -0.489. The first-order valence-corrected chi connectivity index (χ1v) is 16.3. The highest BCUT2D eigenvalue weighted by molar-refractivity contribution is 6.12. The average molecular weight is 664 g/mol. The number of carbonyl (C=O) groups is 2. The van der Waals surface area contributed by atoms with Crippen molar-refractivity contribution in [3.05, 3.63) is 123 Å². The summed E-state index contributed by atoms with van der Waals surface area (Å²) in [4.78, 5) is 49.2. The lowest BCUT2D eigenvalue weighted by Crippen LogP contribution is -2.52. The Kier molecular flexibility index (Phi) is 8.74. The van der Waals surface area contributed by atoms with E-state index in [4.69, 9.17) is 4.74 Å². The zero-order chi connectivity index (χ0) is 34.2. The van der Waals surface area contributed by atoms with Crippen molar-refractivity contribution in [2.45, 2.75) is 25.9 Å². The highest BCUT2D eigenvalue weighted by Crippen LogP contribution is 2.34. The van der Waals surface area contributed by atoms with Crippen molar-refractivity contribution < 1.29 is 18.7 Å². The number of fused-ring (bicyclic) bond motifs is 1. The fourth-order valence-electron chi connectivity index (χ4n) is 6.88. The number of anilines is 2. The van der Waals surface area contributed by atoms with Crippen LogP contribution in [0, 0.1) is 12.7 Å². The molecule has 11 nitrogen and oxygen atoms in total. The lowest BCUT2D eigenvalue weighted by molar-refractivity contribution is 0.0193. The van der Waals surface area contributed by atoms with Crippen molar-refractivity contribution in [2.24, 2.45) is 14.1 Å². The molecule has 0 aliphatic carbocycles. The van der Waals surface area contributed by atoms with Crippen LogP contribution >= 0.6 is 0 Å². The second kappa shape index (κ2) is 13.3. The van der Waals surface area contributed by atoms with Gasteiger partial charge in [-0.15, -0.1) is 0 Å². The Morgan fingerprint density at radius 1 is 1.00 bits per heavy atom. The van der Waals surface area contributed by atoms with Gasteiger partial charge in [-0.1, -0.05) is 24.3 Å². The number of ether oxygens (including phenoxy) is 1.